The van der Waals surface area contributed by atoms with Crippen LogP contribution in [0.15, 0.2) is 58.4 Å². The van der Waals surface area contributed by atoms with E-state index in [2.05, 4.69) is 29.4 Å². The normalized spacial score (nSPS) is 15.2. The molecule has 2 aromatic rings. The topological polar surface area (TPSA) is 87.8 Å². The van der Waals surface area contributed by atoms with Crippen molar-refractivity contribution in [2.24, 2.45) is 10.7 Å². The molecule has 0 amide bonds. The van der Waals surface area contributed by atoms with Crippen LogP contribution in [0, 0.1) is 0 Å². The zero-order valence-electron chi connectivity index (χ0n) is 16.0. The molecule has 3 N–H and O–H groups in total. The lowest BCUT2D eigenvalue weighted by atomic mass is 10.1. The second-order valence-corrected chi connectivity index (χ2v) is 8.57. The van der Waals surface area contributed by atoms with Crippen LogP contribution in [0.1, 0.15) is 30.9 Å². The number of nitrogens with two attached hydrogens (primary N) is 1. The third-order valence-corrected chi connectivity index (χ3v) is 6.61. The van der Waals surface area contributed by atoms with E-state index in [1.54, 1.807) is 28.6 Å². The maximum absolute atomic E-state index is 12.5. The summed E-state index contributed by atoms with van der Waals surface area (Å²) in [5, 5.41) is 3.06. The van der Waals surface area contributed by atoms with Gasteiger partial charge < -0.3 is 11.1 Å². The Balaban J connectivity index is 0.00000280. The molecule has 0 unspecified atom stereocenters. The van der Waals surface area contributed by atoms with Crippen LogP contribution in [-0.2, 0) is 23.0 Å². The van der Waals surface area contributed by atoms with Gasteiger partial charge in [0.2, 0.25) is 10.0 Å². The predicted molar refractivity (Wildman–Crippen MR) is 125 cm³/mol. The molecule has 0 aliphatic carbocycles. The maximum atomic E-state index is 12.5. The lowest BCUT2D eigenvalue weighted by molar-refractivity contribution is 0.477. The molecule has 1 saturated heterocycles. The molecule has 1 aliphatic rings. The van der Waals surface area contributed by atoms with Crippen molar-refractivity contribution in [1.29, 1.82) is 0 Å². The molecule has 28 heavy (non-hydrogen) atoms. The van der Waals surface area contributed by atoms with E-state index < -0.39 is 10.0 Å². The number of halogens is 1. The van der Waals surface area contributed by atoms with Crippen molar-refractivity contribution in [2.45, 2.75) is 37.6 Å². The monoisotopic (exact) mass is 514 g/mol. The van der Waals surface area contributed by atoms with Crippen LogP contribution in [-0.4, -0.2) is 31.8 Å². The maximum Gasteiger partial charge on any atom is 0.243 e. The highest BCUT2D eigenvalue weighted by Gasteiger charge is 2.26. The number of anilines is 1. The highest BCUT2D eigenvalue weighted by atomic mass is 127. The molecular formula is C20H27IN4O2S. The fourth-order valence-electron chi connectivity index (χ4n) is 3.03. The second kappa shape index (κ2) is 10.2. The first kappa shape index (κ1) is 22.6. The van der Waals surface area contributed by atoms with Gasteiger partial charge in [-0.15, -0.1) is 24.0 Å². The Bertz CT molecular complexity index is 891. The van der Waals surface area contributed by atoms with Crippen LogP contribution in [0.2, 0.25) is 0 Å². The standard InChI is InChI=1S/C20H26N4O2S.HI/c1-2-16-5-9-18(10-6-16)23-20(21)22-15-17-7-11-19(12-8-17)27(25,26)24-13-3-4-14-24;/h5-12H,2-4,13-15H2,1H3,(H3,21,22,23);1H. The van der Waals surface area contributed by atoms with Gasteiger partial charge in [-0.25, -0.2) is 13.4 Å². The van der Waals surface area contributed by atoms with E-state index in [4.69, 9.17) is 5.73 Å². The number of sulfonamides is 1. The number of aliphatic imine (C=N–C) groups is 1. The van der Waals surface area contributed by atoms with Crippen molar-refractivity contribution in [3.05, 3.63) is 59.7 Å². The molecule has 1 fully saturated rings. The molecule has 2 aromatic carbocycles. The minimum absolute atomic E-state index is 0. The Kier molecular flexibility index (Phi) is 8.26. The molecule has 0 aromatic heterocycles. The van der Waals surface area contributed by atoms with Crippen LogP contribution in [0.3, 0.4) is 0 Å². The number of aryl methyl sites for hydroxylation is 1. The molecule has 1 heterocycles. The van der Waals surface area contributed by atoms with Gasteiger partial charge in [-0.2, -0.15) is 4.31 Å². The van der Waals surface area contributed by atoms with Gasteiger partial charge in [-0.3, -0.25) is 0 Å². The molecule has 0 atom stereocenters. The van der Waals surface area contributed by atoms with E-state index in [1.165, 1.54) is 5.56 Å². The molecule has 3 rings (SSSR count). The molecule has 0 spiro atoms. The van der Waals surface area contributed by atoms with Crippen LogP contribution in [0.25, 0.3) is 0 Å². The SMILES string of the molecule is CCc1ccc(NC(N)=NCc2ccc(S(=O)(=O)N3CCCC3)cc2)cc1.I. The molecule has 6 nitrogen and oxygen atoms in total. The van der Waals surface area contributed by atoms with Crippen LogP contribution in [0.5, 0.6) is 0 Å². The molecule has 8 heteroatoms. The minimum Gasteiger partial charge on any atom is -0.370 e. The summed E-state index contributed by atoms with van der Waals surface area (Å²) in [7, 11) is -3.37. The number of rotatable bonds is 6. The van der Waals surface area contributed by atoms with Crippen molar-refractivity contribution in [3.8, 4) is 0 Å². The third kappa shape index (κ3) is 5.68. The molecule has 0 saturated carbocycles. The lowest BCUT2D eigenvalue weighted by Gasteiger charge is -2.15. The second-order valence-electron chi connectivity index (χ2n) is 6.63. The summed E-state index contributed by atoms with van der Waals surface area (Å²) in [4.78, 5) is 4.66. The number of hydrogen-bond donors (Lipinski definition) is 2. The van der Waals surface area contributed by atoms with Crippen molar-refractivity contribution in [3.63, 3.8) is 0 Å². The molecule has 0 radical (unpaired) electrons. The van der Waals surface area contributed by atoms with Crippen LogP contribution < -0.4 is 11.1 Å². The van der Waals surface area contributed by atoms with E-state index in [0.717, 1.165) is 30.5 Å². The summed E-state index contributed by atoms with van der Waals surface area (Å²) >= 11 is 0. The van der Waals surface area contributed by atoms with Crippen molar-refractivity contribution < 1.29 is 8.42 Å². The first-order valence-electron chi connectivity index (χ1n) is 9.24. The van der Waals surface area contributed by atoms with E-state index in [9.17, 15) is 8.42 Å². The van der Waals surface area contributed by atoms with E-state index >= 15 is 0 Å². The Hall–Kier alpha value is -1.65. The molecular weight excluding hydrogens is 487 g/mol. The number of guanidine groups is 1. The molecule has 0 bridgehead atoms. The summed E-state index contributed by atoms with van der Waals surface area (Å²) in [5.74, 6) is 0.327. The van der Waals surface area contributed by atoms with Crippen molar-refractivity contribution in [2.75, 3.05) is 18.4 Å². The zero-order valence-corrected chi connectivity index (χ0v) is 19.1. The number of hydrogen-bond acceptors (Lipinski definition) is 3. The van der Waals surface area contributed by atoms with Gasteiger partial charge in [0.15, 0.2) is 5.96 Å². The van der Waals surface area contributed by atoms with Crippen molar-refractivity contribution in [1.82, 2.24) is 4.31 Å². The average Bonchev–Trinajstić information content (AvgIpc) is 3.23. The van der Waals surface area contributed by atoms with Gasteiger partial charge in [0.25, 0.3) is 0 Å². The molecule has 1 aliphatic heterocycles. The Labute approximate surface area is 184 Å². The lowest BCUT2D eigenvalue weighted by Crippen LogP contribution is -2.27. The molecule has 152 valence electrons. The smallest absolute Gasteiger partial charge is 0.243 e. The Morgan fingerprint density at radius 2 is 1.61 bits per heavy atom. The summed E-state index contributed by atoms with van der Waals surface area (Å²) in [5.41, 5.74) is 9.00. The largest absolute Gasteiger partial charge is 0.370 e. The Morgan fingerprint density at radius 1 is 1.04 bits per heavy atom. The summed E-state index contributed by atoms with van der Waals surface area (Å²) < 4.78 is 26.6. The number of benzene rings is 2. The van der Waals surface area contributed by atoms with Gasteiger partial charge in [0.1, 0.15) is 0 Å². The van der Waals surface area contributed by atoms with Crippen LogP contribution >= 0.6 is 24.0 Å². The fourth-order valence-corrected chi connectivity index (χ4v) is 4.55. The summed E-state index contributed by atoms with van der Waals surface area (Å²) in [6.45, 7) is 3.71. The van der Waals surface area contributed by atoms with Crippen LogP contribution in [0.4, 0.5) is 5.69 Å². The predicted octanol–water partition coefficient (Wildman–Crippen LogP) is 3.58. The fraction of sp³-hybridized carbons (Fsp3) is 0.350. The number of nitrogens with one attached hydrogen (secondary N) is 1. The van der Waals surface area contributed by atoms with Gasteiger partial charge in [-0.05, 0) is 54.7 Å². The van der Waals surface area contributed by atoms with Gasteiger partial charge in [0, 0.05) is 18.8 Å². The zero-order chi connectivity index (χ0) is 19.3. The quantitative estimate of drug-likeness (QED) is 0.351. The third-order valence-electron chi connectivity index (χ3n) is 4.69. The van der Waals surface area contributed by atoms with E-state index in [-0.39, 0.29) is 24.0 Å². The number of nitrogens with zero attached hydrogens (tertiary/aromatic N) is 2. The van der Waals surface area contributed by atoms with Crippen molar-refractivity contribution >= 4 is 45.6 Å². The summed E-state index contributed by atoms with van der Waals surface area (Å²) in [6, 6.07) is 14.9. The van der Waals surface area contributed by atoms with Gasteiger partial charge in [-0.1, -0.05) is 31.2 Å². The first-order valence-corrected chi connectivity index (χ1v) is 10.7. The minimum atomic E-state index is -3.37. The van der Waals surface area contributed by atoms with Gasteiger partial charge in [0.05, 0.1) is 11.4 Å². The average molecular weight is 514 g/mol. The van der Waals surface area contributed by atoms with Gasteiger partial charge >= 0.3 is 0 Å². The first-order chi connectivity index (χ1) is 13.0. The van der Waals surface area contributed by atoms with E-state index in [0.29, 0.717) is 30.5 Å². The Morgan fingerprint density at radius 3 is 2.18 bits per heavy atom. The summed E-state index contributed by atoms with van der Waals surface area (Å²) in [6.07, 6.45) is 2.85. The highest BCUT2D eigenvalue weighted by molar-refractivity contribution is 14.0. The highest BCUT2D eigenvalue weighted by Crippen LogP contribution is 2.21. The van der Waals surface area contributed by atoms with E-state index in [1.807, 2.05) is 12.1 Å².